The van der Waals surface area contributed by atoms with Crippen molar-refractivity contribution in [3.05, 3.63) is 24.3 Å². The Morgan fingerprint density at radius 1 is 1.12 bits per heavy atom. The molecule has 1 aliphatic rings. The van der Waals surface area contributed by atoms with Crippen molar-refractivity contribution in [1.29, 1.82) is 0 Å². The van der Waals surface area contributed by atoms with Crippen molar-refractivity contribution >= 4 is 18.6 Å². The minimum absolute atomic E-state index is 0.221. The molecule has 1 aliphatic heterocycles. The highest BCUT2D eigenvalue weighted by atomic mass is 16.5. The molecule has 0 atom stereocenters. The van der Waals surface area contributed by atoms with Crippen LogP contribution in [0.1, 0.15) is 27.7 Å². The molecule has 1 aromatic carbocycles. The van der Waals surface area contributed by atoms with Crippen molar-refractivity contribution in [2.45, 2.75) is 38.9 Å². The van der Waals surface area contributed by atoms with Gasteiger partial charge in [-0.1, -0.05) is 17.6 Å². The molecule has 0 saturated carbocycles. The van der Waals surface area contributed by atoms with E-state index in [4.69, 9.17) is 9.76 Å². The summed E-state index contributed by atoms with van der Waals surface area (Å²) in [5, 5.41) is 19.2. The normalized spacial score (nSPS) is 17.2. The van der Waals surface area contributed by atoms with Gasteiger partial charge in [0.05, 0.1) is 17.8 Å². The van der Waals surface area contributed by atoms with Crippen molar-refractivity contribution in [2.24, 2.45) is 0 Å². The maximum absolute atomic E-state index is 10.2. The Hall–Kier alpha value is -1.08. The van der Waals surface area contributed by atoms with Crippen LogP contribution in [0.3, 0.4) is 0 Å². The summed E-state index contributed by atoms with van der Waals surface area (Å²) in [7, 11) is 1.73. The minimum Gasteiger partial charge on any atom is -0.427 e. The lowest BCUT2D eigenvalue weighted by molar-refractivity contribution is -0.0893. The van der Waals surface area contributed by atoms with E-state index in [0.29, 0.717) is 0 Å². The van der Waals surface area contributed by atoms with E-state index < -0.39 is 11.2 Å². The molecule has 0 unspecified atom stereocenters. The summed E-state index contributed by atoms with van der Waals surface area (Å²) in [4.78, 5) is 4.63. The van der Waals surface area contributed by atoms with Gasteiger partial charge in [-0.3, -0.25) is 4.90 Å². The zero-order chi connectivity index (χ0) is 17.8. The molecule has 2 rings (SSSR count). The van der Waals surface area contributed by atoms with Crippen LogP contribution in [0.2, 0.25) is 0 Å². The lowest BCUT2D eigenvalue weighted by atomic mass is 9.82. The van der Waals surface area contributed by atoms with E-state index >= 15 is 0 Å². The zero-order valence-corrected chi connectivity index (χ0v) is 15.3. The van der Waals surface area contributed by atoms with E-state index in [9.17, 15) is 5.11 Å². The Morgan fingerprint density at radius 3 is 2.38 bits per heavy atom. The second-order valence-corrected chi connectivity index (χ2v) is 7.45. The number of aliphatic hydroxyl groups is 2. The average Bonchev–Trinajstić information content (AvgIpc) is 2.53. The summed E-state index contributed by atoms with van der Waals surface area (Å²) in [6.45, 7) is 12.1. The van der Waals surface area contributed by atoms with Gasteiger partial charge in [0.1, 0.15) is 0 Å². The third-order valence-electron chi connectivity index (χ3n) is 4.99. The van der Waals surface area contributed by atoms with Crippen molar-refractivity contribution < 1.29 is 14.9 Å². The Kier molecular flexibility index (Phi) is 6.31. The quantitative estimate of drug-likeness (QED) is 0.716. The van der Waals surface area contributed by atoms with Crippen LogP contribution in [0.25, 0.3) is 0 Å². The minimum atomic E-state index is -0.926. The summed E-state index contributed by atoms with van der Waals surface area (Å²) in [6, 6.07) is 8.26. The molecule has 0 spiro atoms. The highest BCUT2D eigenvalue weighted by Gasteiger charge is 2.35. The molecular weight excluding hydrogens is 303 g/mol. The Bertz CT molecular complexity index is 523. The number of piperazine rings is 1. The van der Waals surface area contributed by atoms with Gasteiger partial charge in [-0.25, -0.2) is 0 Å². The number of nitrogens with zero attached hydrogens (tertiary/aromatic N) is 2. The van der Waals surface area contributed by atoms with E-state index in [2.05, 4.69) is 21.9 Å². The van der Waals surface area contributed by atoms with Crippen LogP contribution in [0.5, 0.6) is 0 Å². The van der Waals surface area contributed by atoms with Gasteiger partial charge in [0.15, 0.2) is 0 Å². The molecule has 1 aromatic rings. The van der Waals surface area contributed by atoms with Crippen molar-refractivity contribution in [3.63, 3.8) is 0 Å². The third kappa shape index (κ3) is 4.96. The monoisotopic (exact) mass is 333 g/mol. The van der Waals surface area contributed by atoms with Gasteiger partial charge in [-0.2, -0.15) is 0 Å². The summed E-state index contributed by atoms with van der Waals surface area (Å²) < 4.78 is 5.84. The van der Waals surface area contributed by atoms with Gasteiger partial charge >= 0.3 is 7.48 Å². The summed E-state index contributed by atoms with van der Waals surface area (Å²) in [5.41, 5.74) is 0.572. The standard InChI is InChI=1S/C18H30BN2O3/c1-17(2,23)18(3,4)24-19-15-6-5-7-16(14-15)21-10-8-20(9-11-21)12-13-22/h5-7,14,22-23H,8-13H2,1-4H3. The van der Waals surface area contributed by atoms with Gasteiger partial charge in [0.2, 0.25) is 0 Å². The van der Waals surface area contributed by atoms with E-state index in [0.717, 1.165) is 38.2 Å². The average molecular weight is 333 g/mol. The SMILES string of the molecule is CC(C)(O)C(C)(C)O[B]c1cccc(N2CCN(CCO)CC2)c1. The highest BCUT2D eigenvalue weighted by Crippen LogP contribution is 2.24. The maximum atomic E-state index is 10.2. The zero-order valence-electron chi connectivity index (χ0n) is 15.3. The number of β-amino-alcohol motifs (C(OH)–C–C–N with tert-alkyl or cyclic N) is 1. The third-order valence-corrected chi connectivity index (χ3v) is 4.99. The van der Waals surface area contributed by atoms with Crippen molar-refractivity contribution in [3.8, 4) is 0 Å². The topological polar surface area (TPSA) is 56.2 Å². The molecule has 24 heavy (non-hydrogen) atoms. The van der Waals surface area contributed by atoms with E-state index in [1.165, 1.54) is 5.69 Å². The lowest BCUT2D eigenvalue weighted by Crippen LogP contribution is -2.49. The van der Waals surface area contributed by atoms with Gasteiger partial charge < -0.3 is 19.8 Å². The smallest absolute Gasteiger partial charge is 0.330 e. The molecule has 2 N–H and O–H groups in total. The van der Waals surface area contributed by atoms with Gasteiger partial charge in [0, 0.05) is 38.4 Å². The molecule has 0 bridgehead atoms. The molecule has 6 heteroatoms. The predicted octanol–water partition coefficient (Wildman–Crippen LogP) is 0.611. The molecule has 0 aliphatic carbocycles. The molecule has 5 nitrogen and oxygen atoms in total. The first-order valence-corrected chi connectivity index (χ1v) is 8.64. The van der Waals surface area contributed by atoms with Crippen molar-refractivity contribution in [1.82, 2.24) is 4.90 Å². The number of anilines is 1. The molecule has 133 valence electrons. The molecule has 1 heterocycles. The van der Waals surface area contributed by atoms with Gasteiger partial charge in [-0.05, 0) is 39.8 Å². The molecular formula is C18H30BN2O3. The fourth-order valence-electron chi connectivity index (χ4n) is 2.53. The first-order chi connectivity index (χ1) is 11.2. The Morgan fingerprint density at radius 2 is 1.79 bits per heavy atom. The fourth-order valence-corrected chi connectivity index (χ4v) is 2.53. The van der Waals surface area contributed by atoms with Gasteiger partial charge in [-0.15, -0.1) is 0 Å². The number of rotatable bonds is 7. The van der Waals surface area contributed by atoms with Crippen molar-refractivity contribution in [2.75, 3.05) is 44.2 Å². The molecule has 0 amide bonds. The first-order valence-electron chi connectivity index (χ1n) is 8.64. The molecule has 1 saturated heterocycles. The van der Waals surface area contributed by atoms with Gasteiger partial charge in [0.25, 0.3) is 0 Å². The molecule has 0 aromatic heterocycles. The summed E-state index contributed by atoms with van der Waals surface area (Å²) in [5.74, 6) is 0. The second-order valence-electron chi connectivity index (χ2n) is 7.45. The predicted molar refractivity (Wildman–Crippen MR) is 99.0 cm³/mol. The van der Waals surface area contributed by atoms with E-state index in [1.807, 2.05) is 26.0 Å². The largest absolute Gasteiger partial charge is 0.427 e. The van der Waals surface area contributed by atoms with E-state index in [-0.39, 0.29) is 6.61 Å². The fraction of sp³-hybridized carbons (Fsp3) is 0.667. The number of hydrogen-bond donors (Lipinski definition) is 2. The Balaban J connectivity index is 1.95. The summed E-state index contributed by atoms with van der Waals surface area (Å²) >= 11 is 0. The molecule has 1 fully saturated rings. The number of hydrogen-bond acceptors (Lipinski definition) is 5. The van der Waals surface area contributed by atoms with E-state index in [1.54, 1.807) is 21.3 Å². The number of aliphatic hydroxyl groups excluding tert-OH is 1. The van der Waals surface area contributed by atoms with Crippen LogP contribution in [0.4, 0.5) is 5.69 Å². The highest BCUT2D eigenvalue weighted by molar-refractivity contribution is 6.47. The van der Waals surface area contributed by atoms with Crippen LogP contribution in [0, 0.1) is 0 Å². The van der Waals surface area contributed by atoms with Crippen LogP contribution in [0.15, 0.2) is 24.3 Å². The second kappa shape index (κ2) is 7.87. The van der Waals surface area contributed by atoms with Crippen LogP contribution in [-0.4, -0.2) is 73.1 Å². The first kappa shape index (κ1) is 19.3. The maximum Gasteiger partial charge on any atom is 0.330 e. The Labute approximate surface area is 146 Å². The van der Waals surface area contributed by atoms with Crippen LogP contribution >= 0.6 is 0 Å². The van der Waals surface area contributed by atoms with Crippen LogP contribution < -0.4 is 10.4 Å². The molecule has 1 radical (unpaired) electrons. The number of benzene rings is 1. The van der Waals surface area contributed by atoms with Crippen LogP contribution in [-0.2, 0) is 4.65 Å². The summed E-state index contributed by atoms with van der Waals surface area (Å²) in [6.07, 6.45) is 0. The lowest BCUT2D eigenvalue weighted by Gasteiger charge is -2.38.